The molecular weight excluding hydrogens is 240 g/mol. The first-order valence-electron chi connectivity index (χ1n) is 7.21. The number of nitrogens with zero attached hydrogens (tertiary/aromatic N) is 3. The molecule has 0 radical (unpaired) electrons. The van der Waals surface area contributed by atoms with Crippen LogP contribution in [0.2, 0.25) is 0 Å². The normalized spacial score (nSPS) is 28.8. The number of hydrogen-bond donors (Lipinski definition) is 1. The summed E-state index contributed by atoms with van der Waals surface area (Å²) in [6, 6.07) is 1.00. The van der Waals surface area contributed by atoms with Crippen molar-refractivity contribution in [2.45, 2.75) is 44.9 Å². The van der Waals surface area contributed by atoms with Gasteiger partial charge in [0.05, 0.1) is 24.4 Å². The number of aryl methyl sites for hydroxylation is 2. The lowest BCUT2D eigenvalue weighted by atomic mass is 9.96. The molecule has 2 aliphatic rings. The maximum absolute atomic E-state index is 5.94. The Balaban J connectivity index is 2.00. The van der Waals surface area contributed by atoms with Crippen molar-refractivity contribution >= 4 is 0 Å². The molecule has 1 aliphatic heterocycles. The predicted molar refractivity (Wildman–Crippen MR) is 73.9 cm³/mol. The summed E-state index contributed by atoms with van der Waals surface area (Å²) in [6.07, 6.45) is 2.72. The van der Waals surface area contributed by atoms with Crippen LogP contribution < -0.4 is 5.73 Å². The molecule has 2 unspecified atom stereocenters. The molecule has 5 heteroatoms. The largest absolute Gasteiger partial charge is 0.374 e. The van der Waals surface area contributed by atoms with E-state index in [0.717, 1.165) is 24.9 Å². The lowest BCUT2D eigenvalue weighted by Gasteiger charge is -2.41. The van der Waals surface area contributed by atoms with E-state index in [9.17, 15) is 0 Å². The number of hydrogen-bond acceptors (Lipinski definition) is 4. The Morgan fingerprint density at radius 1 is 1.37 bits per heavy atom. The molecule has 0 amide bonds. The summed E-state index contributed by atoms with van der Waals surface area (Å²) in [6.45, 7) is 6.62. The third-order valence-corrected chi connectivity index (χ3v) is 4.50. The topological polar surface area (TPSA) is 56.3 Å². The fraction of sp³-hybridized carbons (Fsp3) is 0.786. The molecule has 0 bridgehead atoms. The van der Waals surface area contributed by atoms with Crippen LogP contribution in [0.4, 0.5) is 0 Å². The van der Waals surface area contributed by atoms with E-state index in [-0.39, 0.29) is 12.1 Å². The van der Waals surface area contributed by atoms with Crippen LogP contribution in [0.25, 0.3) is 0 Å². The number of morpholine rings is 1. The highest BCUT2D eigenvalue weighted by molar-refractivity contribution is 5.30. The van der Waals surface area contributed by atoms with Gasteiger partial charge in [0, 0.05) is 37.4 Å². The van der Waals surface area contributed by atoms with Gasteiger partial charge in [0.2, 0.25) is 0 Å². The monoisotopic (exact) mass is 264 g/mol. The van der Waals surface area contributed by atoms with Gasteiger partial charge in [0.25, 0.3) is 0 Å². The smallest absolute Gasteiger partial charge is 0.0895 e. The van der Waals surface area contributed by atoms with Crippen molar-refractivity contribution in [1.82, 2.24) is 14.7 Å². The molecule has 3 rings (SSSR count). The van der Waals surface area contributed by atoms with Gasteiger partial charge in [0.1, 0.15) is 0 Å². The van der Waals surface area contributed by atoms with Crippen molar-refractivity contribution < 1.29 is 4.74 Å². The molecule has 0 aromatic carbocycles. The summed E-state index contributed by atoms with van der Waals surface area (Å²) in [5, 5.41) is 4.56. The molecule has 19 heavy (non-hydrogen) atoms. The molecule has 1 aliphatic carbocycles. The maximum Gasteiger partial charge on any atom is 0.0895 e. The van der Waals surface area contributed by atoms with Crippen LogP contribution in [-0.4, -0.2) is 46.5 Å². The minimum absolute atomic E-state index is 0.0935. The molecule has 1 saturated carbocycles. The Morgan fingerprint density at radius 2 is 2.11 bits per heavy atom. The first kappa shape index (κ1) is 13.1. The van der Waals surface area contributed by atoms with Gasteiger partial charge in [0.15, 0.2) is 0 Å². The SMILES string of the molecule is Cc1nn(C)c(C)c1C1C(CN)OCCN1C1CC1. The van der Waals surface area contributed by atoms with Gasteiger partial charge >= 0.3 is 0 Å². The third kappa shape index (κ3) is 2.20. The zero-order valence-corrected chi connectivity index (χ0v) is 12.1. The van der Waals surface area contributed by atoms with Crippen molar-refractivity contribution in [2.75, 3.05) is 19.7 Å². The second-order valence-corrected chi connectivity index (χ2v) is 5.77. The molecular formula is C14H24N4O. The Kier molecular flexibility index (Phi) is 3.37. The quantitative estimate of drug-likeness (QED) is 0.881. The standard InChI is InChI=1S/C14H24N4O/c1-9-13(10(2)17(3)16-9)14-12(8-15)19-7-6-18(14)11-4-5-11/h11-12,14H,4-8,15H2,1-3H3. The van der Waals surface area contributed by atoms with E-state index in [2.05, 4.69) is 23.8 Å². The Labute approximate surface area is 114 Å². The fourth-order valence-electron chi connectivity index (χ4n) is 3.34. The lowest BCUT2D eigenvalue weighted by molar-refractivity contribution is -0.0716. The molecule has 1 aromatic heterocycles. The van der Waals surface area contributed by atoms with E-state index in [1.807, 2.05) is 11.7 Å². The van der Waals surface area contributed by atoms with Crippen LogP contribution in [0.15, 0.2) is 0 Å². The average molecular weight is 264 g/mol. The summed E-state index contributed by atoms with van der Waals surface area (Å²) < 4.78 is 7.89. The molecule has 106 valence electrons. The summed E-state index contributed by atoms with van der Waals surface area (Å²) in [7, 11) is 2.01. The minimum atomic E-state index is 0.0935. The molecule has 2 fully saturated rings. The van der Waals surface area contributed by atoms with E-state index >= 15 is 0 Å². The van der Waals surface area contributed by atoms with Crippen LogP contribution >= 0.6 is 0 Å². The molecule has 5 nitrogen and oxygen atoms in total. The van der Waals surface area contributed by atoms with Crippen LogP contribution in [-0.2, 0) is 11.8 Å². The lowest BCUT2D eigenvalue weighted by Crippen LogP contribution is -2.49. The molecule has 1 saturated heterocycles. The first-order chi connectivity index (χ1) is 9.13. The van der Waals surface area contributed by atoms with Crippen LogP contribution in [0, 0.1) is 13.8 Å². The van der Waals surface area contributed by atoms with Crippen molar-refractivity contribution in [1.29, 1.82) is 0 Å². The number of ether oxygens (including phenoxy) is 1. The Bertz CT molecular complexity index is 466. The zero-order chi connectivity index (χ0) is 13.6. The van der Waals surface area contributed by atoms with E-state index in [0.29, 0.717) is 6.54 Å². The molecule has 2 N–H and O–H groups in total. The van der Waals surface area contributed by atoms with Gasteiger partial charge < -0.3 is 10.5 Å². The molecule has 2 atom stereocenters. The fourth-order valence-corrected chi connectivity index (χ4v) is 3.34. The highest BCUT2D eigenvalue weighted by Gasteiger charge is 2.42. The molecule has 0 spiro atoms. The first-order valence-corrected chi connectivity index (χ1v) is 7.21. The van der Waals surface area contributed by atoms with Crippen molar-refractivity contribution in [3.63, 3.8) is 0 Å². The zero-order valence-electron chi connectivity index (χ0n) is 12.1. The van der Waals surface area contributed by atoms with E-state index in [1.54, 1.807) is 0 Å². The van der Waals surface area contributed by atoms with Gasteiger partial charge in [-0.25, -0.2) is 0 Å². The Morgan fingerprint density at radius 3 is 2.63 bits per heavy atom. The molecule has 2 heterocycles. The van der Waals surface area contributed by atoms with Crippen LogP contribution in [0.1, 0.15) is 35.8 Å². The van der Waals surface area contributed by atoms with Gasteiger partial charge in [-0.05, 0) is 26.7 Å². The third-order valence-electron chi connectivity index (χ3n) is 4.50. The summed E-state index contributed by atoms with van der Waals surface area (Å²) >= 11 is 0. The van der Waals surface area contributed by atoms with Crippen LogP contribution in [0.3, 0.4) is 0 Å². The minimum Gasteiger partial charge on any atom is -0.374 e. The number of nitrogens with two attached hydrogens (primary N) is 1. The molecule has 1 aromatic rings. The summed E-state index contributed by atoms with van der Waals surface area (Å²) in [5.74, 6) is 0. The maximum atomic E-state index is 5.94. The number of rotatable bonds is 3. The highest BCUT2D eigenvalue weighted by Crippen LogP contribution is 2.40. The van der Waals surface area contributed by atoms with E-state index in [4.69, 9.17) is 10.5 Å². The van der Waals surface area contributed by atoms with E-state index in [1.165, 1.54) is 24.1 Å². The summed E-state index contributed by atoms with van der Waals surface area (Å²) in [5.41, 5.74) is 9.61. The van der Waals surface area contributed by atoms with Gasteiger partial charge in [-0.1, -0.05) is 0 Å². The predicted octanol–water partition coefficient (Wildman–Crippen LogP) is 0.900. The van der Waals surface area contributed by atoms with Gasteiger partial charge in [-0.2, -0.15) is 5.10 Å². The van der Waals surface area contributed by atoms with Gasteiger partial charge in [-0.15, -0.1) is 0 Å². The number of aromatic nitrogens is 2. The Hall–Kier alpha value is -0.910. The van der Waals surface area contributed by atoms with Crippen molar-refractivity contribution in [3.05, 3.63) is 17.0 Å². The van der Waals surface area contributed by atoms with Crippen LogP contribution in [0.5, 0.6) is 0 Å². The average Bonchev–Trinajstić information content (AvgIpc) is 3.19. The van der Waals surface area contributed by atoms with Crippen molar-refractivity contribution in [2.24, 2.45) is 12.8 Å². The summed E-state index contributed by atoms with van der Waals surface area (Å²) in [4.78, 5) is 2.60. The van der Waals surface area contributed by atoms with Crippen molar-refractivity contribution in [3.8, 4) is 0 Å². The van der Waals surface area contributed by atoms with E-state index < -0.39 is 0 Å². The second-order valence-electron chi connectivity index (χ2n) is 5.77. The second kappa shape index (κ2) is 4.89. The van der Waals surface area contributed by atoms with Gasteiger partial charge in [-0.3, -0.25) is 9.58 Å². The highest BCUT2D eigenvalue weighted by atomic mass is 16.5.